The lowest BCUT2D eigenvalue weighted by Crippen LogP contribution is -2.21. The van der Waals surface area contributed by atoms with Gasteiger partial charge in [-0.05, 0) is 18.6 Å². The summed E-state index contributed by atoms with van der Waals surface area (Å²) in [6.07, 6.45) is 0.862. The van der Waals surface area contributed by atoms with Gasteiger partial charge in [0.15, 0.2) is 0 Å². The van der Waals surface area contributed by atoms with Crippen LogP contribution in [0.1, 0.15) is 30.1 Å². The topological polar surface area (TPSA) is 34.1 Å². The van der Waals surface area contributed by atoms with Crippen molar-refractivity contribution in [3.63, 3.8) is 0 Å². The summed E-state index contributed by atoms with van der Waals surface area (Å²) in [4.78, 5) is 4.61. The van der Waals surface area contributed by atoms with Gasteiger partial charge in [-0.3, -0.25) is 0 Å². The number of hydrogen-bond acceptors (Lipinski definition) is 4. The number of aromatic nitrogens is 1. The molecule has 0 saturated carbocycles. The number of nitrogens with one attached hydrogen (secondary N) is 1. The summed E-state index contributed by atoms with van der Waals surface area (Å²) in [5.41, 5.74) is 2.29. The van der Waals surface area contributed by atoms with E-state index in [1.807, 2.05) is 18.2 Å². The molecule has 0 atom stereocenters. The van der Waals surface area contributed by atoms with Gasteiger partial charge in [0.05, 0.1) is 17.3 Å². The monoisotopic (exact) mass is 290 g/mol. The van der Waals surface area contributed by atoms with Gasteiger partial charge < -0.3 is 10.1 Å². The maximum Gasteiger partial charge on any atom is 0.122 e. The number of benzene rings is 1. The largest absolute Gasteiger partial charge is 0.493 e. The van der Waals surface area contributed by atoms with Gasteiger partial charge in [0.25, 0.3) is 0 Å². The van der Waals surface area contributed by atoms with Crippen LogP contribution in [0.3, 0.4) is 0 Å². The van der Waals surface area contributed by atoms with Crippen LogP contribution in [-0.4, -0.2) is 17.6 Å². The van der Waals surface area contributed by atoms with E-state index in [9.17, 15) is 0 Å². The fraction of sp³-hybridized carbons (Fsp3) is 0.438. The van der Waals surface area contributed by atoms with E-state index in [-0.39, 0.29) is 0 Å². The highest BCUT2D eigenvalue weighted by Gasteiger charge is 2.04. The number of nitrogens with zero attached hydrogens (tertiary/aromatic N) is 1. The van der Waals surface area contributed by atoms with Crippen LogP contribution < -0.4 is 10.1 Å². The van der Waals surface area contributed by atoms with Gasteiger partial charge in [-0.25, -0.2) is 4.98 Å². The third-order valence-corrected chi connectivity index (χ3v) is 3.92. The van der Waals surface area contributed by atoms with Crippen molar-refractivity contribution in [2.75, 3.05) is 6.61 Å². The van der Waals surface area contributed by atoms with Crippen molar-refractivity contribution < 1.29 is 4.74 Å². The van der Waals surface area contributed by atoms with Crippen LogP contribution in [0.25, 0.3) is 0 Å². The maximum absolute atomic E-state index is 5.80. The molecule has 2 rings (SSSR count). The van der Waals surface area contributed by atoms with Gasteiger partial charge >= 0.3 is 0 Å². The number of ether oxygens (including phenoxy) is 1. The van der Waals surface area contributed by atoms with Crippen LogP contribution in [0.2, 0.25) is 0 Å². The van der Waals surface area contributed by atoms with Crippen molar-refractivity contribution >= 4 is 11.3 Å². The zero-order valence-corrected chi connectivity index (χ0v) is 13.2. The Labute approximate surface area is 125 Å². The van der Waals surface area contributed by atoms with Crippen LogP contribution in [-0.2, 0) is 13.0 Å². The lowest BCUT2D eigenvalue weighted by Gasteiger charge is -2.07. The average molecular weight is 290 g/mol. The van der Waals surface area contributed by atoms with E-state index >= 15 is 0 Å². The zero-order valence-electron chi connectivity index (χ0n) is 12.3. The van der Waals surface area contributed by atoms with E-state index in [0.717, 1.165) is 29.4 Å². The molecule has 0 fully saturated rings. The molecule has 0 unspecified atom stereocenters. The second-order valence-corrected chi connectivity index (χ2v) is 6.07. The third kappa shape index (κ3) is 4.62. The van der Waals surface area contributed by atoms with Gasteiger partial charge in [-0.2, -0.15) is 0 Å². The molecular weight excluding hydrogens is 268 g/mol. The van der Waals surface area contributed by atoms with E-state index in [1.165, 1.54) is 5.56 Å². The number of rotatable bonds is 7. The molecule has 1 heterocycles. The summed E-state index contributed by atoms with van der Waals surface area (Å²) in [5.74, 6) is 0.964. The standard InChI is InChI=1S/C16H22N2OS/c1-12(2)17-10-14-11-20-16(18-14)8-9-19-15-7-5-4-6-13(15)3/h4-7,11-12,17H,8-10H2,1-3H3. The first-order valence-corrected chi connectivity index (χ1v) is 7.88. The summed E-state index contributed by atoms with van der Waals surface area (Å²) >= 11 is 1.71. The van der Waals surface area contributed by atoms with Crippen molar-refractivity contribution in [2.45, 2.75) is 39.8 Å². The molecule has 2 aromatic rings. The molecule has 0 aliphatic rings. The van der Waals surface area contributed by atoms with Crippen LogP contribution >= 0.6 is 11.3 Å². The average Bonchev–Trinajstić information content (AvgIpc) is 2.87. The van der Waals surface area contributed by atoms with Gasteiger partial charge in [0, 0.05) is 24.4 Å². The van der Waals surface area contributed by atoms with E-state index in [1.54, 1.807) is 11.3 Å². The van der Waals surface area contributed by atoms with E-state index in [0.29, 0.717) is 12.6 Å². The second-order valence-electron chi connectivity index (χ2n) is 5.13. The first-order valence-electron chi connectivity index (χ1n) is 7.00. The van der Waals surface area contributed by atoms with Crippen molar-refractivity contribution in [2.24, 2.45) is 0 Å². The molecule has 3 nitrogen and oxygen atoms in total. The molecule has 0 radical (unpaired) electrons. The van der Waals surface area contributed by atoms with Crippen LogP contribution in [0.5, 0.6) is 5.75 Å². The van der Waals surface area contributed by atoms with Crippen molar-refractivity contribution in [3.05, 3.63) is 45.9 Å². The fourth-order valence-electron chi connectivity index (χ4n) is 1.82. The summed E-state index contributed by atoms with van der Waals surface area (Å²) < 4.78 is 5.80. The Morgan fingerprint density at radius 1 is 1.30 bits per heavy atom. The quantitative estimate of drug-likeness (QED) is 0.846. The molecule has 1 N–H and O–H groups in total. The van der Waals surface area contributed by atoms with Crippen LogP contribution in [0, 0.1) is 6.92 Å². The SMILES string of the molecule is Cc1ccccc1OCCc1nc(CNC(C)C)cs1. The molecule has 0 saturated heterocycles. The highest BCUT2D eigenvalue weighted by Crippen LogP contribution is 2.17. The van der Waals surface area contributed by atoms with Gasteiger partial charge in [-0.1, -0.05) is 32.0 Å². The molecule has 1 aromatic heterocycles. The first-order chi connectivity index (χ1) is 9.65. The molecular formula is C16H22N2OS. The Kier molecular flexibility index (Phi) is 5.56. The molecule has 4 heteroatoms. The molecule has 0 amide bonds. The second kappa shape index (κ2) is 7.41. The summed E-state index contributed by atoms with van der Waals surface area (Å²) in [7, 11) is 0. The van der Waals surface area contributed by atoms with Crippen LogP contribution in [0.15, 0.2) is 29.6 Å². The zero-order chi connectivity index (χ0) is 14.4. The van der Waals surface area contributed by atoms with E-state index in [4.69, 9.17) is 4.74 Å². The Morgan fingerprint density at radius 3 is 2.85 bits per heavy atom. The highest BCUT2D eigenvalue weighted by atomic mass is 32.1. The molecule has 0 aliphatic carbocycles. The summed E-state index contributed by atoms with van der Waals surface area (Å²) in [6.45, 7) is 7.86. The van der Waals surface area contributed by atoms with E-state index < -0.39 is 0 Å². The predicted octanol–water partition coefficient (Wildman–Crippen LogP) is 3.57. The molecule has 108 valence electrons. The van der Waals surface area contributed by atoms with Gasteiger partial charge in [0.2, 0.25) is 0 Å². The Bertz CT molecular complexity index is 537. The van der Waals surface area contributed by atoms with Crippen molar-refractivity contribution in [1.82, 2.24) is 10.3 Å². The minimum Gasteiger partial charge on any atom is -0.493 e. The molecule has 1 aromatic carbocycles. The summed E-state index contributed by atoms with van der Waals surface area (Å²) in [6, 6.07) is 8.59. The summed E-state index contributed by atoms with van der Waals surface area (Å²) in [5, 5.41) is 6.64. The fourth-order valence-corrected chi connectivity index (χ4v) is 2.60. The van der Waals surface area contributed by atoms with Gasteiger partial charge in [0.1, 0.15) is 5.75 Å². The number of thiazole rings is 1. The van der Waals surface area contributed by atoms with Crippen LogP contribution in [0.4, 0.5) is 0 Å². The molecule has 0 aliphatic heterocycles. The lowest BCUT2D eigenvalue weighted by atomic mass is 10.2. The van der Waals surface area contributed by atoms with Crippen molar-refractivity contribution in [1.29, 1.82) is 0 Å². The molecule has 0 bridgehead atoms. The highest BCUT2D eigenvalue weighted by molar-refractivity contribution is 7.09. The predicted molar refractivity (Wildman–Crippen MR) is 84.5 cm³/mol. The minimum atomic E-state index is 0.490. The van der Waals surface area contributed by atoms with E-state index in [2.05, 4.69) is 42.5 Å². The molecule has 20 heavy (non-hydrogen) atoms. The van der Waals surface area contributed by atoms with Gasteiger partial charge in [-0.15, -0.1) is 11.3 Å². The number of hydrogen-bond donors (Lipinski definition) is 1. The smallest absolute Gasteiger partial charge is 0.122 e. The first kappa shape index (κ1) is 15.0. The Balaban J connectivity index is 1.78. The Hall–Kier alpha value is -1.39. The number of aryl methyl sites for hydroxylation is 1. The normalized spacial score (nSPS) is 11.0. The third-order valence-electron chi connectivity index (χ3n) is 2.96. The van der Waals surface area contributed by atoms with Crippen molar-refractivity contribution in [3.8, 4) is 5.75 Å². The number of para-hydroxylation sites is 1. The minimum absolute atomic E-state index is 0.490. The Morgan fingerprint density at radius 2 is 2.10 bits per heavy atom. The lowest BCUT2D eigenvalue weighted by molar-refractivity contribution is 0.319. The maximum atomic E-state index is 5.80. The molecule has 0 spiro atoms.